The third-order valence-electron chi connectivity index (χ3n) is 3.25. The number of thiophene rings is 1. The Morgan fingerprint density at radius 1 is 1.05 bits per heavy atom. The number of halogens is 1. The van der Waals surface area contributed by atoms with E-state index in [1.54, 1.807) is 0 Å². The lowest BCUT2D eigenvalue weighted by atomic mass is 10.1. The molecule has 1 heterocycles. The smallest absolute Gasteiger partial charge is 0.261 e. The van der Waals surface area contributed by atoms with E-state index in [1.165, 1.54) is 16.9 Å². The van der Waals surface area contributed by atoms with Crippen LogP contribution in [0.5, 0.6) is 0 Å². The van der Waals surface area contributed by atoms with Crippen LogP contribution in [0.15, 0.2) is 54.6 Å². The maximum atomic E-state index is 12.2. The molecule has 0 saturated carbocycles. The Hall–Kier alpha value is -1.65. The summed E-state index contributed by atoms with van der Waals surface area (Å²) < 4.78 is 1.14. The first-order valence-electron chi connectivity index (χ1n) is 6.67. The van der Waals surface area contributed by atoms with Gasteiger partial charge in [0.2, 0.25) is 0 Å². The zero-order valence-electron chi connectivity index (χ0n) is 11.3. The lowest BCUT2D eigenvalue weighted by molar-refractivity contribution is 0.0955. The van der Waals surface area contributed by atoms with Crippen LogP contribution in [0.1, 0.15) is 20.8 Å². The van der Waals surface area contributed by atoms with Gasteiger partial charge in [0.1, 0.15) is 0 Å². The highest BCUT2D eigenvalue weighted by Gasteiger charge is 2.09. The van der Waals surface area contributed by atoms with E-state index in [2.05, 4.69) is 33.4 Å². The van der Waals surface area contributed by atoms with Crippen LogP contribution in [0, 0.1) is 0 Å². The third kappa shape index (κ3) is 3.34. The van der Waals surface area contributed by atoms with Crippen molar-refractivity contribution < 1.29 is 4.79 Å². The molecule has 2 aromatic carbocycles. The number of hydrogen-bond acceptors (Lipinski definition) is 2. The van der Waals surface area contributed by atoms with Gasteiger partial charge in [0, 0.05) is 16.6 Å². The van der Waals surface area contributed by atoms with Crippen LogP contribution in [0.3, 0.4) is 0 Å². The molecule has 3 aromatic rings. The molecule has 0 radical (unpaired) electrons. The SMILES string of the molecule is O=C(NCc1cccc(CBr)c1)c1cc2ccccc2s1. The number of alkyl halides is 1. The van der Waals surface area contributed by atoms with Gasteiger partial charge in [-0.1, -0.05) is 58.4 Å². The molecule has 0 bridgehead atoms. The van der Waals surface area contributed by atoms with Crippen molar-refractivity contribution in [1.82, 2.24) is 5.32 Å². The van der Waals surface area contributed by atoms with Crippen LogP contribution < -0.4 is 5.32 Å². The van der Waals surface area contributed by atoms with E-state index in [1.807, 2.05) is 42.5 Å². The van der Waals surface area contributed by atoms with Gasteiger partial charge in [-0.2, -0.15) is 0 Å². The standard InChI is InChI=1S/C17H14BrNOS/c18-10-12-4-3-5-13(8-12)11-19-17(20)16-9-14-6-1-2-7-15(14)21-16/h1-9H,10-11H2,(H,19,20). The van der Waals surface area contributed by atoms with Crippen LogP contribution in [0.25, 0.3) is 10.1 Å². The van der Waals surface area contributed by atoms with Crippen molar-refractivity contribution >= 4 is 43.3 Å². The van der Waals surface area contributed by atoms with Crippen LogP contribution in [-0.4, -0.2) is 5.91 Å². The maximum Gasteiger partial charge on any atom is 0.261 e. The molecule has 0 unspecified atom stereocenters. The first-order valence-corrected chi connectivity index (χ1v) is 8.60. The Bertz CT molecular complexity index is 748. The monoisotopic (exact) mass is 359 g/mol. The topological polar surface area (TPSA) is 29.1 Å². The lowest BCUT2D eigenvalue weighted by Crippen LogP contribution is -2.21. The maximum absolute atomic E-state index is 12.2. The molecule has 4 heteroatoms. The fourth-order valence-electron chi connectivity index (χ4n) is 2.19. The van der Waals surface area contributed by atoms with Gasteiger partial charge in [0.25, 0.3) is 5.91 Å². The van der Waals surface area contributed by atoms with E-state index in [9.17, 15) is 4.79 Å². The largest absolute Gasteiger partial charge is 0.347 e. The molecule has 0 aliphatic carbocycles. The van der Waals surface area contributed by atoms with Crippen LogP contribution in [0.2, 0.25) is 0 Å². The summed E-state index contributed by atoms with van der Waals surface area (Å²) in [6.07, 6.45) is 0. The number of carbonyl (C=O) groups is 1. The Balaban J connectivity index is 1.71. The number of rotatable bonds is 4. The molecule has 0 saturated heterocycles. The van der Waals surface area contributed by atoms with Gasteiger partial charge in [0.15, 0.2) is 0 Å². The van der Waals surface area contributed by atoms with Crippen molar-refractivity contribution in [3.63, 3.8) is 0 Å². The second-order valence-electron chi connectivity index (χ2n) is 4.78. The van der Waals surface area contributed by atoms with Crippen molar-refractivity contribution in [2.24, 2.45) is 0 Å². The van der Waals surface area contributed by atoms with E-state index in [0.717, 1.165) is 25.9 Å². The predicted molar refractivity (Wildman–Crippen MR) is 92.1 cm³/mol. The number of hydrogen-bond donors (Lipinski definition) is 1. The molecule has 0 aliphatic rings. The fraction of sp³-hybridized carbons (Fsp3) is 0.118. The molecule has 1 N–H and O–H groups in total. The Kier molecular flexibility index (Phi) is 4.36. The summed E-state index contributed by atoms with van der Waals surface area (Å²) in [7, 11) is 0. The Labute approximate surface area is 135 Å². The molecule has 1 aromatic heterocycles. The van der Waals surface area contributed by atoms with E-state index in [0.29, 0.717) is 6.54 Å². The highest BCUT2D eigenvalue weighted by atomic mass is 79.9. The van der Waals surface area contributed by atoms with E-state index in [-0.39, 0.29) is 5.91 Å². The van der Waals surface area contributed by atoms with Gasteiger partial charge in [-0.15, -0.1) is 11.3 Å². The first kappa shape index (κ1) is 14.3. The first-order chi connectivity index (χ1) is 10.3. The number of nitrogens with one attached hydrogen (secondary N) is 1. The van der Waals surface area contributed by atoms with E-state index < -0.39 is 0 Å². The highest BCUT2D eigenvalue weighted by Crippen LogP contribution is 2.25. The molecule has 106 valence electrons. The summed E-state index contributed by atoms with van der Waals surface area (Å²) in [4.78, 5) is 13.0. The van der Waals surface area contributed by atoms with Gasteiger partial charge >= 0.3 is 0 Å². The zero-order valence-corrected chi connectivity index (χ0v) is 13.7. The minimum Gasteiger partial charge on any atom is -0.347 e. The van der Waals surface area contributed by atoms with Crippen LogP contribution in [0.4, 0.5) is 0 Å². The summed E-state index contributed by atoms with van der Waals surface area (Å²) >= 11 is 4.97. The second-order valence-corrected chi connectivity index (χ2v) is 6.43. The minimum atomic E-state index is -0.0135. The lowest BCUT2D eigenvalue weighted by Gasteiger charge is -2.05. The molecule has 3 rings (SSSR count). The van der Waals surface area contributed by atoms with Crippen molar-refractivity contribution in [1.29, 1.82) is 0 Å². The zero-order chi connectivity index (χ0) is 14.7. The number of carbonyl (C=O) groups excluding carboxylic acids is 1. The highest BCUT2D eigenvalue weighted by molar-refractivity contribution is 9.08. The average Bonchev–Trinajstić information content (AvgIpc) is 2.97. The summed E-state index contributed by atoms with van der Waals surface area (Å²) in [5, 5.41) is 4.93. The Morgan fingerprint density at radius 2 is 1.86 bits per heavy atom. The van der Waals surface area contributed by atoms with Gasteiger partial charge in [-0.05, 0) is 28.6 Å². The van der Waals surface area contributed by atoms with Gasteiger partial charge in [0.05, 0.1) is 4.88 Å². The van der Waals surface area contributed by atoms with Crippen LogP contribution in [-0.2, 0) is 11.9 Å². The summed E-state index contributed by atoms with van der Waals surface area (Å²) in [6.45, 7) is 0.550. The molecule has 2 nitrogen and oxygen atoms in total. The molecular formula is C17H14BrNOS. The molecule has 1 amide bonds. The van der Waals surface area contributed by atoms with Gasteiger partial charge in [-0.3, -0.25) is 4.79 Å². The second kappa shape index (κ2) is 6.41. The van der Waals surface area contributed by atoms with Crippen LogP contribution >= 0.6 is 27.3 Å². The fourth-order valence-corrected chi connectivity index (χ4v) is 3.51. The summed E-state index contributed by atoms with van der Waals surface area (Å²) in [6, 6.07) is 18.2. The van der Waals surface area contributed by atoms with Gasteiger partial charge in [-0.25, -0.2) is 0 Å². The number of amides is 1. The van der Waals surface area contributed by atoms with E-state index in [4.69, 9.17) is 0 Å². The molecule has 0 aliphatic heterocycles. The number of fused-ring (bicyclic) bond motifs is 1. The molecule has 0 fully saturated rings. The third-order valence-corrected chi connectivity index (χ3v) is 5.01. The Morgan fingerprint density at radius 3 is 2.67 bits per heavy atom. The minimum absolute atomic E-state index is 0.0135. The van der Waals surface area contributed by atoms with Crippen molar-refractivity contribution in [2.75, 3.05) is 0 Å². The van der Waals surface area contributed by atoms with Crippen molar-refractivity contribution in [2.45, 2.75) is 11.9 Å². The predicted octanol–water partition coefficient (Wildman–Crippen LogP) is 4.73. The van der Waals surface area contributed by atoms with Crippen molar-refractivity contribution in [3.05, 3.63) is 70.6 Å². The summed E-state index contributed by atoms with van der Waals surface area (Å²) in [5.74, 6) is -0.0135. The average molecular weight is 360 g/mol. The van der Waals surface area contributed by atoms with E-state index >= 15 is 0 Å². The van der Waals surface area contributed by atoms with Gasteiger partial charge < -0.3 is 5.32 Å². The molecule has 0 atom stereocenters. The molecular weight excluding hydrogens is 346 g/mol. The summed E-state index contributed by atoms with van der Waals surface area (Å²) in [5.41, 5.74) is 2.32. The number of benzene rings is 2. The molecule has 21 heavy (non-hydrogen) atoms. The van der Waals surface area contributed by atoms with Crippen molar-refractivity contribution in [3.8, 4) is 0 Å². The molecule has 0 spiro atoms. The quantitative estimate of drug-likeness (QED) is 0.670. The normalized spacial score (nSPS) is 10.7.